The van der Waals surface area contributed by atoms with Gasteiger partial charge in [0, 0.05) is 25.7 Å². The van der Waals surface area contributed by atoms with E-state index in [-0.39, 0.29) is 6.04 Å². The predicted molar refractivity (Wildman–Crippen MR) is 45.1 cm³/mol. The van der Waals surface area contributed by atoms with E-state index >= 15 is 0 Å². The van der Waals surface area contributed by atoms with Crippen molar-refractivity contribution in [3.05, 3.63) is 0 Å². The van der Waals surface area contributed by atoms with Gasteiger partial charge in [0.25, 0.3) is 0 Å². The van der Waals surface area contributed by atoms with Gasteiger partial charge in [-0.15, -0.1) is 0 Å². The maximum Gasteiger partial charge on any atom is 0.407 e. The normalized spacial score (nSPS) is 24.1. The minimum absolute atomic E-state index is 0.0567. The quantitative estimate of drug-likeness (QED) is 0.515. The van der Waals surface area contributed by atoms with Gasteiger partial charge in [-0.05, 0) is 13.0 Å². The van der Waals surface area contributed by atoms with Crippen LogP contribution in [0.2, 0.25) is 0 Å². The molecule has 1 atom stereocenters. The number of amides is 1. The third-order valence-electron chi connectivity index (χ3n) is 2.10. The Hall–Kier alpha value is -0.810. The van der Waals surface area contributed by atoms with Crippen LogP contribution in [0.3, 0.4) is 0 Å². The molecule has 70 valence electrons. The molecule has 5 nitrogen and oxygen atoms in total. The zero-order valence-corrected chi connectivity index (χ0v) is 6.99. The molecular formula is C7H15N3O2. The van der Waals surface area contributed by atoms with E-state index in [4.69, 9.17) is 10.8 Å². The van der Waals surface area contributed by atoms with Gasteiger partial charge in [-0.3, -0.25) is 0 Å². The highest BCUT2D eigenvalue weighted by Crippen LogP contribution is 2.06. The Labute approximate surface area is 71.5 Å². The van der Waals surface area contributed by atoms with Crippen LogP contribution in [0.5, 0.6) is 0 Å². The van der Waals surface area contributed by atoms with Crippen molar-refractivity contribution in [2.24, 2.45) is 5.73 Å². The predicted octanol–water partition coefficient (Wildman–Crippen LogP) is -0.713. The fourth-order valence-corrected chi connectivity index (χ4v) is 1.46. The second kappa shape index (κ2) is 4.27. The lowest BCUT2D eigenvalue weighted by molar-refractivity contribution is 0.110. The molecule has 1 aliphatic heterocycles. The maximum absolute atomic E-state index is 10.7. The van der Waals surface area contributed by atoms with Gasteiger partial charge in [0.15, 0.2) is 0 Å². The SMILES string of the molecule is NCCC1CNCCN1C(=O)O. The smallest absolute Gasteiger partial charge is 0.407 e. The van der Waals surface area contributed by atoms with Crippen LogP contribution in [-0.4, -0.2) is 48.3 Å². The number of piperazine rings is 1. The van der Waals surface area contributed by atoms with E-state index in [9.17, 15) is 4.79 Å². The molecule has 0 spiro atoms. The number of hydrogen-bond donors (Lipinski definition) is 3. The van der Waals surface area contributed by atoms with Crippen LogP contribution >= 0.6 is 0 Å². The topological polar surface area (TPSA) is 78.6 Å². The Balaban J connectivity index is 2.48. The summed E-state index contributed by atoms with van der Waals surface area (Å²) in [6, 6.07) is 0.0567. The number of hydrogen-bond acceptors (Lipinski definition) is 3. The lowest BCUT2D eigenvalue weighted by Crippen LogP contribution is -2.53. The van der Waals surface area contributed by atoms with Crippen LogP contribution in [0, 0.1) is 0 Å². The van der Waals surface area contributed by atoms with Crippen LogP contribution in [-0.2, 0) is 0 Å². The fourth-order valence-electron chi connectivity index (χ4n) is 1.46. The first-order valence-corrected chi connectivity index (χ1v) is 4.16. The molecule has 1 heterocycles. The molecule has 0 aromatic heterocycles. The van der Waals surface area contributed by atoms with Crippen molar-refractivity contribution in [3.8, 4) is 0 Å². The minimum atomic E-state index is -0.838. The largest absolute Gasteiger partial charge is 0.465 e. The van der Waals surface area contributed by atoms with E-state index < -0.39 is 6.09 Å². The third-order valence-corrected chi connectivity index (χ3v) is 2.10. The third kappa shape index (κ3) is 2.09. The van der Waals surface area contributed by atoms with Gasteiger partial charge in [-0.25, -0.2) is 4.79 Å². The molecule has 1 saturated heterocycles. The monoisotopic (exact) mass is 173 g/mol. The Morgan fingerprint density at radius 1 is 1.75 bits per heavy atom. The molecule has 0 aliphatic carbocycles. The second-order valence-electron chi connectivity index (χ2n) is 2.91. The highest BCUT2D eigenvalue weighted by atomic mass is 16.4. The van der Waals surface area contributed by atoms with Gasteiger partial charge >= 0.3 is 6.09 Å². The van der Waals surface area contributed by atoms with E-state index in [0.717, 1.165) is 19.5 Å². The molecular weight excluding hydrogens is 158 g/mol. The average Bonchev–Trinajstić information content (AvgIpc) is 2.05. The molecule has 0 aromatic rings. The van der Waals surface area contributed by atoms with Crippen molar-refractivity contribution >= 4 is 6.09 Å². The zero-order chi connectivity index (χ0) is 8.97. The van der Waals surface area contributed by atoms with E-state index in [1.807, 2.05) is 0 Å². The van der Waals surface area contributed by atoms with Gasteiger partial charge in [0.05, 0.1) is 0 Å². The molecule has 0 bridgehead atoms. The van der Waals surface area contributed by atoms with Crippen molar-refractivity contribution in [2.75, 3.05) is 26.2 Å². The highest BCUT2D eigenvalue weighted by Gasteiger charge is 2.24. The molecule has 1 fully saturated rings. The summed E-state index contributed by atoms with van der Waals surface area (Å²) in [6.07, 6.45) is -0.103. The molecule has 1 aliphatic rings. The number of carboxylic acid groups (broad SMARTS) is 1. The standard InChI is InChI=1S/C7H15N3O2/c8-2-1-6-5-9-3-4-10(6)7(11)12/h6,9H,1-5,8H2,(H,11,12). The van der Waals surface area contributed by atoms with Crippen molar-refractivity contribution < 1.29 is 9.90 Å². The average molecular weight is 173 g/mol. The maximum atomic E-state index is 10.7. The molecule has 0 saturated carbocycles. The van der Waals surface area contributed by atoms with Crippen molar-refractivity contribution in [1.82, 2.24) is 10.2 Å². The molecule has 4 N–H and O–H groups in total. The summed E-state index contributed by atoms with van der Waals surface area (Å²) in [5.74, 6) is 0. The Morgan fingerprint density at radius 2 is 2.50 bits per heavy atom. The molecule has 1 amide bonds. The summed E-state index contributed by atoms with van der Waals surface area (Å²) in [6.45, 7) is 2.58. The van der Waals surface area contributed by atoms with Crippen LogP contribution in [0.15, 0.2) is 0 Å². The molecule has 1 unspecified atom stereocenters. The van der Waals surface area contributed by atoms with E-state index in [1.165, 1.54) is 4.90 Å². The van der Waals surface area contributed by atoms with Crippen molar-refractivity contribution in [2.45, 2.75) is 12.5 Å². The molecule has 0 aromatic carbocycles. The summed E-state index contributed by atoms with van der Waals surface area (Å²) in [5.41, 5.74) is 5.37. The number of nitrogens with zero attached hydrogens (tertiary/aromatic N) is 1. The van der Waals surface area contributed by atoms with Crippen molar-refractivity contribution in [1.29, 1.82) is 0 Å². The summed E-state index contributed by atoms with van der Waals surface area (Å²) in [4.78, 5) is 12.2. The number of nitrogens with two attached hydrogens (primary N) is 1. The first-order valence-electron chi connectivity index (χ1n) is 4.16. The Kier molecular flexibility index (Phi) is 3.31. The Bertz CT molecular complexity index is 161. The van der Waals surface area contributed by atoms with E-state index in [1.54, 1.807) is 0 Å². The lowest BCUT2D eigenvalue weighted by atomic mass is 10.1. The van der Waals surface area contributed by atoms with Crippen LogP contribution < -0.4 is 11.1 Å². The minimum Gasteiger partial charge on any atom is -0.465 e. The summed E-state index contributed by atoms with van der Waals surface area (Å²) >= 11 is 0. The van der Waals surface area contributed by atoms with Gasteiger partial charge in [0.2, 0.25) is 0 Å². The van der Waals surface area contributed by atoms with Crippen LogP contribution in [0.1, 0.15) is 6.42 Å². The molecule has 1 rings (SSSR count). The summed E-state index contributed by atoms with van der Waals surface area (Å²) < 4.78 is 0. The fraction of sp³-hybridized carbons (Fsp3) is 0.857. The number of carbonyl (C=O) groups is 1. The van der Waals surface area contributed by atoms with Crippen LogP contribution in [0.4, 0.5) is 4.79 Å². The second-order valence-corrected chi connectivity index (χ2v) is 2.91. The molecule has 0 radical (unpaired) electrons. The highest BCUT2D eigenvalue weighted by molar-refractivity contribution is 5.65. The van der Waals surface area contributed by atoms with Gasteiger partial charge in [0.1, 0.15) is 0 Å². The van der Waals surface area contributed by atoms with Crippen LogP contribution in [0.25, 0.3) is 0 Å². The number of nitrogens with one attached hydrogen (secondary N) is 1. The molecule has 12 heavy (non-hydrogen) atoms. The first kappa shape index (κ1) is 9.28. The van der Waals surface area contributed by atoms with Crippen molar-refractivity contribution in [3.63, 3.8) is 0 Å². The van der Waals surface area contributed by atoms with E-state index in [2.05, 4.69) is 5.32 Å². The van der Waals surface area contributed by atoms with Gasteiger partial charge in [-0.2, -0.15) is 0 Å². The summed E-state index contributed by atoms with van der Waals surface area (Å²) in [5, 5.41) is 11.9. The zero-order valence-electron chi connectivity index (χ0n) is 6.99. The number of rotatable bonds is 2. The lowest BCUT2D eigenvalue weighted by Gasteiger charge is -2.33. The van der Waals surface area contributed by atoms with Gasteiger partial charge in [-0.1, -0.05) is 0 Å². The molecule has 5 heteroatoms. The first-order chi connectivity index (χ1) is 5.75. The van der Waals surface area contributed by atoms with Gasteiger partial charge < -0.3 is 21.1 Å². The van der Waals surface area contributed by atoms with E-state index in [0.29, 0.717) is 13.1 Å². The summed E-state index contributed by atoms with van der Waals surface area (Å²) in [7, 11) is 0. The Morgan fingerprint density at radius 3 is 3.08 bits per heavy atom.